The lowest BCUT2D eigenvalue weighted by atomic mass is 9.97. The van der Waals surface area contributed by atoms with Crippen molar-refractivity contribution in [2.75, 3.05) is 14.2 Å². The van der Waals surface area contributed by atoms with Crippen LogP contribution in [0.2, 0.25) is 0 Å². The van der Waals surface area contributed by atoms with Crippen LogP contribution in [-0.4, -0.2) is 28.3 Å². The molecule has 0 aliphatic carbocycles. The molecule has 1 aliphatic heterocycles. The number of aromatic nitrogens is 3. The Bertz CT molecular complexity index is 1270. The molecule has 0 unspecified atom stereocenters. The van der Waals surface area contributed by atoms with E-state index in [2.05, 4.69) is 4.98 Å². The molecule has 0 saturated heterocycles. The molecule has 4 aromatic rings. The van der Waals surface area contributed by atoms with Crippen LogP contribution in [0.5, 0.6) is 11.5 Å². The maximum Gasteiger partial charge on any atom is 0.350 e. The number of benzene rings is 2. The lowest BCUT2D eigenvalue weighted by Crippen LogP contribution is -2.29. The first-order valence-electron chi connectivity index (χ1n) is 9.13. The zero-order chi connectivity index (χ0) is 19.3. The van der Waals surface area contributed by atoms with Crippen molar-refractivity contribution in [1.29, 1.82) is 0 Å². The predicted octanol–water partition coefficient (Wildman–Crippen LogP) is 3.43. The highest BCUT2D eigenvalue weighted by Crippen LogP contribution is 2.38. The number of ether oxygens (including phenoxy) is 2. The fourth-order valence-electron chi connectivity index (χ4n) is 3.94. The number of hydrogen-bond acceptors (Lipinski definition) is 4. The second-order valence-electron chi connectivity index (χ2n) is 6.79. The summed E-state index contributed by atoms with van der Waals surface area (Å²) in [4.78, 5) is 17.1. The summed E-state index contributed by atoms with van der Waals surface area (Å²) < 4.78 is 14.6. The highest BCUT2D eigenvalue weighted by molar-refractivity contribution is 5.82. The molecule has 28 heavy (non-hydrogen) atoms. The van der Waals surface area contributed by atoms with Crippen LogP contribution in [0.25, 0.3) is 28.0 Å². The molecule has 0 amide bonds. The van der Waals surface area contributed by atoms with Gasteiger partial charge in [-0.05, 0) is 41.6 Å². The Kier molecular flexibility index (Phi) is 3.72. The normalized spacial score (nSPS) is 12.5. The van der Waals surface area contributed by atoms with Gasteiger partial charge < -0.3 is 14.0 Å². The highest BCUT2D eigenvalue weighted by atomic mass is 16.5. The average Bonchev–Trinajstić information content (AvgIpc) is 3.16. The quantitative estimate of drug-likeness (QED) is 0.552. The number of para-hydroxylation sites is 1. The van der Waals surface area contributed by atoms with Crippen molar-refractivity contribution in [1.82, 2.24) is 14.1 Å². The van der Waals surface area contributed by atoms with Crippen LogP contribution in [0.3, 0.4) is 0 Å². The first-order valence-corrected chi connectivity index (χ1v) is 9.13. The minimum absolute atomic E-state index is 0.245. The van der Waals surface area contributed by atoms with Crippen molar-refractivity contribution in [2.45, 2.75) is 13.0 Å². The number of methoxy groups -OCH3 is 2. The van der Waals surface area contributed by atoms with E-state index in [0.717, 1.165) is 34.1 Å². The van der Waals surface area contributed by atoms with Crippen molar-refractivity contribution in [3.63, 3.8) is 0 Å². The number of aryl methyl sites for hydroxylation is 1. The fourth-order valence-corrected chi connectivity index (χ4v) is 3.94. The topological polar surface area (TPSA) is 58.3 Å². The SMILES string of the molecule is COc1cc2c(cc1OC)-c1cc(-n3ccc4ccccc43)nc(=O)n1CC2. The van der Waals surface area contributed by atoms with E-state index in [1.54, 1.807) is 18.8 Å². The monoisotopic (exact) mass is 373 g/mol. The van der Waals surface area contributed by atoms with E-state index in [4.69, 9.17) is 9.47 Å². The van der Waals surface area contributed by atoms with E-state index in [0.29, 0.717) is 23.9 Å². The van der Waals surface area contributed by atoms with Crippen LogP contribution >= 0.6 is 0 Å². The molecule has 0 N–H and O–H groups in total. The second kappa shape index (κ2) is 6.27. The maximum atomic E-state index is 12.8. The fraction of sp³-hybridized carbons (Fsp3) is 0.182. The van der Waals surface area contributed by atoms with Gasteiger partial charge in [-0.1, -0.05) is 18.2 Å². The van der Waals surface area contributed by atoms with Gasteiger partial charge in [0.2, 0.25) is 0 Å². The Labute approximate surface area is 161 Å². The summed E-state index contributed by atoms with van der Waals surface area (Å²) >= 11 is 0. The molecule has 2 aromatic heterocycles. The van der Waals surface area contributed by atoms with Crippen LogP contribution in [0.1, 0.15) is 5.56 Å². The average molecular weight is 373 g/mol. The molecular formula is C22H19N3O3. The Hall–Kier alpha value is -3.54. The maximum absolute atomic E-state index is 12.8. The van der Waals surface area contributed by atoms with Crippen molar-refractivity contribution in [3.8, 4) is 28.6 Å². The second-order valence-corrected chi connectivity index (χ2v) is 6.79. The zero-order valence-corrected chi connectivity index (χ0v) is 15.7. The van der Waals surface area contributed by atoms with Crippen molar-refractivity contribution in [2.24, 2.45) is 0 Å². The van der Waals surface area contributed by atoms with Gasteiger partial charge in [0.05, 0.1) is 25.4 Å². The van der Waals surface area contributed by atoms with E-state index in [-0.39, 0.29) is 5.69 Å². The van der Waals surface area contributed by atoms with E-state index >= 15 is 0 Å². The molecule has 0 fully saturated rings. The lowest BCUT2D eigenvalue weighted by molar-refractivity contribution is 0.354. The van der Waals surface area contributed by atoms with Crippen molar-refractivity contribution in [3.05, 3.63) is 70.8 Å². The summed E-state index contributed by atoms with van der Waals surface area (Å²) in [6.45, 7) is 0.594. The van der Waals surface area contributed by atoms with Gasteiger partial charge in [0.15, 0.2) is 11.5 Å². The third-order valence-electron chi connectivity index (χ3n) is 5.33. The van der Waals surface area contributed by atoms with Gasteiger partial charge >= 0.3 is 5.69 Å². The van der Waals surface area contributed by atoms with Crippen molar-refractivity contribution >= 4 is 10.9 Å². The minimum Gasteiger partial charge on any atom is -0.493 e. The molecule has 3 heterocycles. The van der Waals surface area contributed by atoms with Gasteiger partial charge in [0.1, 0.15) is 5.82 Å². The molecule has 0 atom stereocenters. The summed E-state index contributed by atoms with van der Waals surface area (Å²) in [5, 5.41) is 1.11. The molecule has 0 radical (unpaired) electrons. The van der Waals surface area contributed by atoms with E-state index in [9.17, 15) is 4.79 Å². The van der Waals surface area contributed by atoms with Crippen molar-refractivity contribution < 1.29 is 9.47 Å². The first kappa shape index (κ1) is 16.6. The smallest absolute Gasteiger partial charge is 0.350 e. The van der Waals surface area contributed by atoms with Crippen LogP contribution < -0.4 is 15.2 Å². The van der Waals surface area contributed by atoms with E-state index in [1.807, 2.05) is 59.3 Å². The third-order valence-corrected chi connectivity index (χ3v) is 5.33. The number of nitrogens with zero attached hydrogens (tertiary/aromatic N) is 3. The predicted molar refractivity (Wildman–Crippen MR) is 108 cm³/mol. The van der Waals surface area contributed by atoms with Gasteiger partial charge in [-0.25, -0.2) is 4.79 Å². The molecule has 5 rings (SSSR count). The highest BCUT2D eigenvalue weighted by Gasteiger charge is 2.22. The molecule has 0 saturated carbocycles. The van der Waals surface area contributed by atoms with Crippen LogP contribution in [0, 0.1) is 0 Å². The number of hydrogen-bond donors (Lipinski definition) is 0. The van der Waals surface area contributed by atoms with Gasteiger partial charge in [0, 0.05) is 24.4 Å². The molecule has 2 aromatic carbocycles. The van der Waals surface area contributed by atoms with Crippen LogP contribution in [0.15, 0.2) is 59.5 Å². The molecular weight excluding hydrogens is 354 g/mol. The van der Waals surface area contributed by atoms with Gasteiger partial charge in [-0.2, -0.15) is 4.98 Å². The number of rotatable bonds is 3. The van der Waals surface area contributed by atoms with E-state index < -0.39 is 0 Å². The summed E-state index contributed by atoms with van der Waals surface area (Å²) in [5.41, 5.74) is 3.72. The molecule has 140 valence electrons. The summed E-state index contributed by atoms with van der Waals surface area (Å²) in [6.07, 6.45) is 2.69. The molecule has 6 heteroatoms. The third kappa shape index (κ3) is 2.41. The molecule has 0 bridgehead atoms. The standard InChI is InChI=1S/C22H19N3O3/c1-27-19-11-15-8-10-25-18(16(15)12-20(19)28-2)13-21(23-22(25)26)24-9-7-14-5-3-4-6-17(14)24/h3-7,9,11-13H,8,10H2,1-2H3. The van der Waals surface area contributed by atoms with E-state index in [1.165, 1.54) is 0 Å². The zero-order valence-electron chi connectivity index (χ0n) is 15.7. The molecule has 6 nitrogen and oxygen atoms in total. The largest absolute Gasteiger partial charge is 0.493 e. The van der Waals surface area contributed by atoms with Crippen LogP contribution in [-0.2, 0) is 13.0 Å². The molecule has 0 spiro atoms. The van der Waals surface area contributed by atoms with Gasteiger partial charge in [-0.15, -0.1) is 0 Å². The van der Waals surface area contributed by atoms with Crippen LogP contribution in [0.4, 0.5) is 0 Å². The minimum atomic E-state index is -0.245. The Morgan fingerprint density at radius 3 is 2.61 bits per heavy atom. The molecule has 1 aliphatic rings. The first-order chi connectivity index (χ1) is 13.7. The van der Waals surface area contributed by atoms with Gasteiger partial charge in [0.25, 0.3) is 0 Å². The number of fused-ring (bicyclic) bond motifs is 4. The summed E-state index contributed by atoms with van der Waals surface area (Å²) in [6, 6.07) is 16.0. The van der Waals surface area contributed by atoms with Gasteiger partial charge in [-0.3, -0.25) is 4.57 Å². The Balaban J connectivity index is 1.75. The lowest BCUT2D eigenvalue weighted by Gasteiger charge is -2.23. The Morgan fingerprint density at radius 2 is 1.79 bits per heavy atom. The Morgan fingerprint density at radius 1 is 1.00 bits per heavy atom. The summed E-state index contributed by atoms with van der Waals surface area (Å²) in [5.74, 6) is 1.95. The summed E-state index contributed by atoms with van der Waals surface area (Å²) in [7, 11) is 3.24.